The van der Waals surface area contributed by atoms with E-state index in [1.807, 2.05) is 12.1 Å². The maximum atomic E-state index is 11.7. The van der Waals surface area contributed by atoms with Gasteiger partial charge in [-0.1, -0.05) is 80.1 Å². The fraction of sp³-hybridized carbons (Fsp3) is 0.405. The van der Waals surface area contributed by atoms with E-state index in [1.165, 1.54) is 28.0 Å². The number of Topliss-reactive ketones (excluding diaryl/α,β-unsaturated/α-hetero) is 1. The van der Waals surface area contributed by atoms with Crippen LogP contribution in [0.5, 0.6) is 5.75 Å². The molecule has 1 aliphatic carbocycles. The summed E-state index contributed by atoms with van der Waals surface area (Å²) < 4.78 is 8.49. The van der Waals surface area contributed by atoms with Crippen LogP contribution in [0.25, 0.3) is 5.57 Å². The second-order valence-corrected chi connectivity index (χ2v) is 11.6. The van der Waals surface area contributed by atoms with Gasteiger partial charge in [0.15, 0.2) is 5.78 Å². The van der Waals surface area contributed by atoms with Gasteiger partial charge in [0, 0.05) is 30.8 Å². The molecule has 0 atom stereocenters. The van der Waals surface area contributed by atoms with Gasteiger partial charge in [0.2, 0.25) is 0 Å². The van der Waals surface area contributed by atoms with E-state index in [1.54, 1.807) is 6.92 Å². The van der Waals surface area contributed by atoms with E-state index < -0.39 is 0 Å². The van der Waals surface area contributed by atoms with Gasteiger partial charge in [-0.2, -0.15) is 0 Å². The number of hydrogen-bond donors (Lipinski definition) is 0. The molecule has 1 aromatic heterocycles. The van der Waals surface area contributed by atoms with Gasteiger partial charge >= 0.3 is 0 Å². The lowest BCUT2D eigenvalue weighted by atomic mass is 10.0. The van der Waals surface area contributed by atoms with Crippen LogP contribution in [0.1, 0.15) is 90.2 Å². The number of aryl methyl sites for hydroxylation is 3. The number of ether oxygens (including phenoxy) is 1. The monoisotopic (exact) mass is 563 g/mol. The number of carbonyl (C=O) groups is 1. The standard InChI is InChI=1S/C37H45N3O2/c1-4-5-23-40-35(28(2)38-37(40)34-13-8-6-7-9-14-34)27-39(22-10-12-30-16-19-32(20-17-30)29(3)41)26-31-18-21-33-15-11-24-42-36(33)25-31/h6,8-9,13-14,16-21,25H,4-5,7,10-12,15,22-24,26-27H2,1-3H3. The number of aromatic nitrogens is 2. The summed E-state index contributed by atoms with van der Waals surface area (Å²) in [5, 5.41) is 0. The summed E-state index contributed by atoms with van der Waals surface area (Å²) in [5.41, 5.74) is 8.26. The van der Waals surface area contributed by atoms with Crippen molar-refractivity contribution in [2.75, 3.05) is 13.2 Å². The van der Waals surface area contributed by atoms with Crippen molar-refractivity contribution < 1.29 is 9.53 Å². The third-order valence-electron chi connectivity index (χ3n) is 8.31. The number of allylic oxidation sites excluding steroid dienone is 6. The number of fused-ring (bicyclic) bond motifs is 1. The highest BCUT2D eigenvalue weighted by atomic mass is 16.5. The van der Waals surface area contributed by atoms with Crippen molar-refractivity contribution >= 4 is 11.4 Å². The van der Waals surface area contributed by atoms with Crippen LogP contribution in [0.4, 0.5) is 0 Å². The Morgan fingerprint density at radius 2 is 1.88 bits per heavy atom. The molecule has 3 aromatic rings. The van der Waals surface area contributed by atoms with E-state index in [0.717, 1.165) is 101 Å². The number of rotatable bonds is 13. The first-order valence-corrected chi connectivity index (χ1v) is 15.7. The van der Waals surface area contributed by atoms with Crippen molar-refractivity contribution in [3.05, 3.63) is 112 Å². The number of nitrogens with zero attached hydrogens (tertiary/aromatic N) is 3. The molecule has 0 saturated carbocycles. The minimum absolute atomic E-state index is 0.113. The molecule has 220 valence electrons. The number of hydrogen-bond acceptors (Lipinski definition) is 4. The first-order valence-electron chi connectivity index (χ1n) is 15.7. The topological polar surface area (TPSA) is 47.4 Å². The van der Waals surface area contributed by atoms with Crippen molar-refractivity contribution in [1.29, 1.82) is 0 Å². The van der Waals surface area contributed by atoms with Gasteiger partial charge in [-0.05, 0) is 81.7 Å². The molecule has 2 heterocycles. The van der Waals surface area contributed by atoms with Crippen LogP contribution >= 0.6 is 0 Å². The van der Waals surface area contributed by atoms with Crippen LogP contribution in [0.15, 0.2) is 72.8 Å². The van der Waals surface area contributed by atoms with Crippen LogP contribution in [-0.4, -0.2) is 33.4 Å². The first-order chi connectivity index (χ1) is 20.5. The van der Waals surface area contributed by atoms with E-state index in [-0.39, 0.29) is 5.78 Å². The van der Waals surface area contributed by atoms with Gasteiger partial charge in [-0.3, -0.25) is 9.69 Å². The van der Waals surface area contributed by atoms with E-state index in [0.29, 0.717) is 0 Å². The third-order valence-corrected chi connectivity index (χ3v) is 8.31. The number of imidazole rings is 1. The second-order valence-electron chi connectivity index (χ2n) is 11.6. The maximum absolute atomic E-state index is 11.7. The molecule has 1 aliphatic heterocycles. The summed E-state index contributed by atoms with van der Waals surface area (Å²) >= 11 is 0. The lowest BCUT2D eigenvalue weighted by Gasteiger charge is -2.25. The third kappa shape index (κ3) is 7.57. The summed E-state index contributed by atoms with van der Waals surface area (Å²) in [6.45, 7) is 10.5. The molecule has 0 amide bonds. The van der Waals surface area contributed by atoms with Crippen molar-refractivity contribution in [3.8, 4) is 5.75 Å². The minimum Gasteiger partial charge on any atom is -0.493 e. The molecule has 5 nitrogen and oxygen atoms in total. The summed E-state index contributed by atoms with van der Waals surface area (Å²) in [5.74, 6) is 2.24. The van der Waals surface area contributed by atoms with Crippen molar-refractivity contribution in [2.24, 2.45) is 0 Å². The number of ketones is 1. The Kier molecular flexibility index (Phi) is 10.3. The number of carbonyl (C=O) groups excluding carboxylic acids is 1. The predicted octanol–water partition coefficient (Wildman–Crippen LogP) is 8.05. The molecule has 0 fully saturated rings. The molecule has 5 heteroatoms. The Morgan fingerprint density at radius 1 is 1.05 bits per heavy atom. The molecule has 0 radical (unpaired) electrons. The van der Waals surface area contributed by atoms with Gasteiger partial charge in [0.1, 0.15) is 11.6 Å². The highest BCUT2D eigenvalue weighted by molar-refractivity contribution is 5.94. The molecule has 5 rings (SSSR count). The van der Waals surface area contributed by atoms with Crippen molar-refractivity contribution in [1.82, 2.24) is 14.5 Å². The average molecular weight is 564 g/mol. The van der Waals surface area contributed by atoms with E-state index in [4.69, 9.17) is 9.72 Å². The molecule has 2 aliphatic rings. The molecule has 0 spiro atoms. The van der Waals surface area contributed by atoms with Gasteiger partial charge in [0.05, 0.1) is 18.0 Å². The molecule has 0 saturated heterocycles. The molecule has 0 unspecified atom stereocenters. The smallest absolute Gasteiger partial charge is 0.159 e. The van der Waals surface area contributed by atoms with E-state index >= 15 is 0 Å². The van der Waals surface area contributed by atoms with Crippen LogP contribution in [0.2, 0.25) is 0 Å². The number of benzene rings is 2. The van der Waals surface area contributed by atoms with Gasteiger partial charge < -0.3 is 9.30 Å². The van der Waals surface area contributed by atoms with Gasteiger partial charge in [0.25, 0.3) is 0 Å². The Bertz CT molecular complexity index is 1460. The molecular formula is C37H45N3O2. The summed E-state index contributed by atoms with van der Waals surface area (Å²) in [7, 11) is 0. The molecule has 0 bridgehead atoms. The highest BCUT2D eigenvalue weighted by Gasteiger charge is 2.20. The van der Waals surface area contributed by atoms with Crippen molar-refractivity contribution in [2.45, 2.75) is 85.4 Å². The lowest BCUT2D eigenvalue weighted by Crippen LogP contribution is -2.26. The fourth-order valence-corrected chi connectivity index (χ4v) is 5.89. The summed E-state index contributed by atoms with van der Waals surface area (Å²) in [4.78, 5) is 19.4. The summed E-state index contributed by atoms with van der Waals surface area (Å²) in [6.07, 6.45) is 18.4. The Labute approximate surface area is 251 Å². The lowest BCUT2D eigenvalue weighted by molar-refractivity contribution is 0.101. The van der Waals surface area contributed by atoms with Gasteiger partial charge in [-0.15, -0.1) is 0 Å². The van der Waals surface area contributed by atoms with Gasteiger partial charge in [-0.25, -0.2) is 4.98 Å². The second kappa shape index (κ2) is 14.5. The zero-order valence-corrected chi connectivity index (χ0v) is 25.6. The Hall–Kier alpha value is -3.70. The Balaban J connectivity index is 1.39. The van der Waals surface area contributed by atoms with E-state index in [2.05, 4.69) is 84.0 Å². The van der Waals surface area contributed by atoms with Crippen LogP contribution in [0.3, 0.4) is 0 Å². The molecule has 0 N–H and O–H groups in total. The fourth-order valence-electron chi connectivity index (χ4n) is 5.89. The average Bonchev–Trinajstić information content (AvgIpc) is 3.15. The molecule has 2 aromatic carbocycles. The van der Waals surface area contributed by atoms with E-state index in [9.17, 15) is 4.79 Å². The Morgan fingerprint density at radius 3 is 2.69 bits per heavy atom. The van der Waals surface area contributed by atoms with Crippen molar-refractivity contribution in [3.63, 3.8) is 0 Å². The first kappa shape index (κ1) is 29.8. The predicted molar refractivity (Wildman–Crippen MR) is 172 cm³/mol. The normalized spacial score (nSPS) is 14.4. The van der Waals surface area contributed by atoms with Crippen LogP contribution < -0.4 is 4.74 Å². The zero-order valence-electron chi connectivity index (χ0n) is 25.6. The highest BCUT2D eigenvalue weighted by Crippen LogP contribution is 2.28. The van der Waals surface area contributed by atoms with Crippen LogP contribution in [-0.2, 0) is 32.5 Å². The minimum atomic E-state index is 0.113. The number of unbranched alkanes of at least 4 members (excludes halogenated alkanes) is 1. The summed E-state index contributed by atoms with van der Waals surface area (Å²) in [6, 6.07) is 14.9. The zero-order chi connectivity index (χ0) is 29.3. The maximum Gasteiger partial charge on any atom is 0.159 e. The quantitative estimate of drug-likeness (QED) is 0.197. The molecule has 42 heavy (non-hydrogen) atoms. The SMILES string of the molecule is CCCCn1c(C2=CC=CCC=C2)nc(C)c1CN(CCCc1ccc(C(C)=O)cc1)Cc1ccc2c(c1)OCCC2. The van der Waals surface area contributed by atoms with Crippen LogP contribution in [0, 0.1) is 6.92 Å². The molecular weight excluding hydrogens is 518 g/mol. The largest absolute Gasteiger partial charge is 0.493 e.